The topological polar surface area (TPSA) is 130 Å². The first-order chi connectivity index (χ1) is 36.2. The highest BCUT2D eigenvalue weighted by Gasteiger charge is 2.50. The molecule has 13 heteroatoms. The Morgan fingerprint density at radius 2 is 0.595 bits per heavy atom. The standard InChI is InChI=1S/C61H92O12S/c1-10-19-32-64-47-41-52(67-35-22-13-4)58(53(42-47)68-36-23-14-5)74(73-61(63)50-30-28-29-31-51(50)62,59-54(69-37-24-15-6)43-48(65-33-20-11-2)44-55(59)70-38-25-16-7)60-56(71-39-26-17-8)45-49(66-34-21-12-3)46-57(60)72-40-27-18-9/h28-31,41-46,62H,10-27,32-40H2,1-9H3. The Hall–Kier alpha value is -5.30. The van der Waals surface area contributed by atoms with Gasteiger partial charge in [-0.3, -0.25) is 0 Å². The quantitative estimate of drug-likeness (QED) is 0.0425. The van der Waals surface area contributed by atoms with Gasteiger partial charge in [0.1, 0.15) is 77.7 Å². The van der Waals surface area contributed by atoms with Gasteiger partial charge in [-0.2, -0.15) is 0 Å². The van der Waals surface area contributed by atoms with Crippen LogP contribution in [0.2, 0.25) is 0 Å². The van der Waals surface area contributed by atoms with E-state index in [0.717, 1.165) is 116 Å². The predicted octanol–water partition coefficient (Wildman–Crippen LogP) is 17.1. The molecule has 4 rings (SSSR count). The van der Waals surface area contributed by atoms with Crippen LogP contribution in [-0.2, 0) is 4.18 Å². The summed E-state index contributed by atoms with van der Waals surface area (Å²) < 4.78 is 69.7. The molecule has 74 heavy (non-hydrogen) atoms. The van der Waals surface area contributed by atoms with Crippen LogP contribution in [0.4, 0.5) is 0 Å². The number of para-hydroxylation sites is 1. The van der Waals surface area contributed by atoms with E-state index in [1.807, 2.05) is 36.4 Å². The number of carbonyl (C=O) groups is 1. The van der Waals surface area contributed by atoms with Crippen molar-refractivity contribution in [3.63, 3.8) is 0 Å². The first-order valence-corrected chi connectivity index (χ1v) is 29.8. The molecule has 0 aliphatic carbocycles. The van der Waals surface area contributed by atoms with Crippen LogP contribution in [0.15, 0.2) is 75.4 Å². The van der Waals surface area contributed by atoms with Gasteiger partial charge < -0.3 is 51.9 Å². The lowest BCUT2D eigenvalue weighted by atomic mass is 10.2. The zero-order chi connectivity index (χ0) is 53.4. The molecular formula is C61H92O12S. The molecule has 0 saturated heterocycles. The number of hydrogen-bond donors (Lipinski definition) is 1. The second-order valence-electron chi connectivity index (χ2n) is 18.5. The van der Waals surface area contributed by atoms with E-state index in [2.05, 4.69) is 62.3 Å². The van der Waals surface area contributed by atoms with Crippen LogP contribution in [0, 0.1) is 0 Å². The van der Waals surface area contributed by atoms with Crippen LogP contribution in [0.25, 0.3) is 0 Å². The normalized spacial score (nSPS) is 11.5. The number of unbranched alkanes of at least 4 members (excludes halogenated alkanes) is 9. The summed E-state index contributed by atoms with van der Waals surface area (Å²) in [4.78, 5) is 17.1. The summed E-state index contributed by atoms with van der Waals surface area (Å²) in [7, 11) is -3.81. The van der Waals surface area contributed by atoms with Gasteiger partial charge in [0, 0.05) is 46.7 Å². The van der Waals surface area contributed by atoms with Crippen molar-refractivity contribution in [2.45, 2.75) is 193 Å². The molecule has 12 nitrogen and oxygen atoms in total. The van der Waals surface area contributed by atoms with Crippen LogP contribution in [0.5, 0.6) is 57.5 Å². The first-order valence-electron chi connectivity index (χ1n) is 28.3. The van der Waals surface area contributed by atoms with Crippen LogP contribution < -0.4 is 42.6 Å². The molecule has 0 spiro atoms. The van der Waals surface area contributed by atoms with Gasteiger partial charge in [-0.15, -0.1) is 0 Å². The fourth-order valence-corrected chi connectivity index (χ4v) is 11.2. The molecular weight excluding hydrogens is 957 g/mol. The molecule has 0 aliphatic heterocycles. The Labute approximate surface area is 446 Å². The summed E-state index contributed by atoms with van der Waals surface area (Å²) in [5.74, 6) is 2.82. The molecule has 0 atom stereocenters. The van der Waals surface area contributed by atoms with E-state index in [0.29, 0.717) is 126 Å². The summed E-state index contributed by atoms with van der Waals surface area (Å²) in [6, 6.07) is 17.7. The number of hydrogen-bond acceptors (Lipinski definition) is 12. The maximum Gasteiger partial charge on any atom is 0.353 e. The monoisotopic (exact) mass is 1050 g/mol. The molecule has 0 bridgehead atoms. The van der Waals surface area contributed by atoms with Crippen molar-refractivity contribution in [1.82, 2.24) is 0 Å². The number of phenolic OH excluding ortho intramolecular Hbond substituents is 1. The summed E-state index contributed by atoms with van der Waals surface area (Å²) >= 11 is 0. The first kappa shape index (κ1) is 61.2. The number of benzene rings is 4. The maximum atomic E-state index is 15.9. The van der Waals surface area contributed by atoms with Crippen LogP contribution in [-0.4, -0.2) is 70.5 Å². The van der Waals surface area contributed by atoms with Crippen molar-refractivity contribution in [2.75, 3.05) is 59.5 Å². The number of rotatable bonds is 41. The second kappa shape index (κ2) is 35.0. The molecule has 0 heterocycles. The molecule has 0 aliphatic rings. The van der Waals surface area contributed by atoms with Gasteiger partial charge in [0.25, 0.3) is 0 Å². The van der Waals surface area contributed by atoms with Gasteiger partial charge in [0.05, 0.1) is 59.5 Å². The van der Waals surface area contributed by atoms with E-state index in [4.69, 9.17) is 46.8 Å². The molecule has 1 N–H and O–H groups in total. The van der Waals surface area contributed by atoms with Gasteiger partial charge in [0.15, 0.2) is 0 Å². The Balaban J connectivity index is 2.53. The van der Waals surface area contributed by atoms with E-state index in [1.54, 1.807) is 18.2 Å². The largest absolute Gasteiger partial charge is 0.507 e. The summed E-state index contributed by atoms with van der Waals surface area (Å²) in [6.45, 7) is 22.4. The number of aromatic hydroxyl groups is 1. The molecule has 4 aromatic carbocycles. The average molecular weight is 1050 g/mol. The zero-order valence-corrected chi connectivity index (χ0v) is 47.5. The molecule has 414 valence electrons. The van der Waals surface area contributed by atoms with E-state index >= 15 is 4.79 Å². The van der Waals surface area contributed by atoms with Gasteiger partial charge in [-0.25, -0.2) is 4.79 Å². The van der Waals surface area contributed by atoms with E-state index in [9.17, 15) is 5.11 Å². The summed E-state index contributed by atoms with van der Waals surface area (Å²) in [5.41, 5.74) is -0.0476. The SMILES string of the molecule is CCCCOc1cc(OCCCC)c(S(OC(=O)c2ccccc2O)(c2c(OCCCC)cc(OCCCC)cc2OCCCC)c2c(OCCCC)cc(OCCCC)cc2OCCCC)c(OCCCC)c1. The molecule has 0 radical (unpaired) electrons. The lowest BCUT2D eigenvalue weighted by Crippen LogP contribution is -2.20. The fraction of sp³-hybridized carbons (Fsp3) is 0.590. The Bertz CT molecular complexity index is 1920. The highest BCUT2D eigenvalue weighted by atomic mass is 32.3. The van der Waals surface area contributed by atoms with Crippen molar-refractivity contribution in [2.24, 2.45) is 0 Å². The number of ether oxygens (including phenoxy) is 9. The van der Waals surface area contributed by atoms with Crippen molar-refractivity contribution < 1.29 is 56.7 Å². The number of phenols is 1. The highest BCUT2D eigenvalue weighted by Crippen LogP contribution is 2.81. The molecule has 4 aromatic rings. The van der Waals surface area contributed by atoms with Crippen molar-refractivity contribution in [3.05, 3.63) is 66.2 Å². The van der Waals surface area contributed by atoms with Crippen molar-refractivity contribution in [1.29, 1.82) is 0 Å². The minimum absolute atomic E-state index is 0.0476. The summed E-state index contributed by atoms with van der Waals surface area (Å²) in [6.07, 6.45) is 14.8. The number of carbonyl (C=O) groups excluding carboxylic acids is 1. The Kier molecular flexibility index (Phi) is 29.0. The second-order valence-corrected chi connectivity index (χ2v) is 21.0. The third kappa shape index (κ3) is 18.2. The third-order valence-corrected chi connectivity index (χ3v) is 15.3. The van der Waals surface area contributed by atoms with Gasteiger partial charge in [0.2, 0.25) is 0 Å². The van der Waals surface area contributed by atoms with E-state index in [-0.39, 0.29) is 11.3 Å². The maximum absolute atomic E-state index is 15.9. The van der Waals surface area contributed by atoms with Crippen LogP contribution >= 0.6 is 10.3 Å². The Morgan fingerprint density at radius 3 is 0.824 bits per heavy atom. The molecule has 0 saturated carbocycles. The lowest BCUT2D eigenvalue weighted by Gasteiger charge is -2.43. The molecule has 0 unspecified atom stereocenters. The minimum Gasteiger partial charge on any atom is -0.507 e. The van der Waals surface area contributed by atoms with Crippen LogP contribution in [0.3, 0.4) is 0 Å². The molecule has 0 fully saturated rings. The van der Waals surface area contributed by atoms with Gasteiger partial charge >= 0.3 is 5.97 Å². The zero-order valence-electron chi connectivity index (χ0n) is 46.7. The molecule has 0 aromatic heterocycles. The fourth-order valence-electron chi connectivity index (χ4n) is 7.60. The smallest absolute Gasteiger partial charge is 0.353 e. The summed E-state index contributed by atoms with van der Waals surface area (Å²) in [5, 5.41) is 11.6. The van der Waals surface area contributed by atoms with Crippen molar-refractivity contribution >= 4 is 16.3 Å². The minimum atomic E-state index is -3.81. The van der Waals surface area contributed by atoms with Crippen LogP contribution in [0.1, 0.15) is 188 Å². The highest BCUT2D eigenvalue weighted by molar-refractivity contribution is 8.30. The van der Waals surface area contributed by atoms with E-state index < -0.39 is 16.3 Å². The molecule has 0 amide bonds. The van der Waals surface area contributed by atoms with Crippen molar-refractivity contribution in [3.8, 4) is 57.5 Å². The van der Waals surface area contributed by atoms with Gasteiger partial charge in [-0.1, -0.05) is 132 Å². The average Bonchev–Trinajstić information content (AvgIpc) is 3.39. The lowest BCUT2D eigenvalue weighted by molar-refractivity contribution is 0.0752. The van der Waals surface area contributed by atoms with Gasteiger partial charge in [-0.05, 0) is 69.9 Å². The Morgan fingerprint density at radius 1 is 0.365 bits per heavy atom. The predicted molar refractivity (Wildman–Crippen MR) is 299 cm³/mol. The third-order valence-electron chi connectivity index (χ3n) is 12.0. The van der Waals surface area contributed by atoms with E-state index in [1.165, 1.54) is 6.07 Å².